The van der Waals surface area contributed by atoms with Gasteiger partial charge in [-0.25, -0.2) is 4.79 Å². The van der Waals surface area contributed by atoms with E-state index >= 15 is 0 Å². The fraction of sp³-hybridized carbons (Fsp3) is 0.160. The third-order valence-corrected chi connectivity index (χ3v) is 5.59. The van der Waals surface area contributed by atoms with Gasteiger partial charge in [-0.15, -0.1) is 0 Å². The quantitative estimate of drug-likeness (QED) is 0.356. The van der Waals surface area contributed by atoms with E-state index in [1.165, 1.54) is 12.1 Å². The molecule has 7 nitrogen and oxygen atoms in total. The Labute approximate surface area is 182 Å². The minimum Gasteiger partial charge on any atom is -0.478 e. The number of furan rings is 1. The molecule has 1 atom stereocenters. The molecule has 3 aromatic rings. The van der Waals surface area contributed by atoms with E-state index in [0.717, 1.165) is 5.57 Å². The molecule has 0 radical (unpaired) electrons. The van der Waals surface area contributed by atoms with Crippen LogP contribution in [0.25, 0.3) is 11.3 Å². The number of allylic oxidation sites excluding steroid dienone is 2. The summed E-state index contributed by atoms with van der Waals surface area (Å²) < 4.78 is 17.4. The fourth-order valence-electron chi connectivity index (χ4n) is 4.04. The fourth-order valence-corrected chi connectivity index (χ4v) is 4.04. The van der Waals surface area contributed by atoms with E-state index in [9.17, 15) is 14.4 Å². The van der Waals surface area contributed by atoms with Crippen molar-refractivity contribution in [1.29, 1.82) is 0 Å². The number of Topliss-reactive ketones (excluding diaryl/α,β-unsaturated/α-hetero) is 1. The van der Waals surface area contributed by atoms with E-state index in [0.29, 0.717) is 39.7 Å². The standard InChI is InChI=1S/C25H18O7/c1-12(2)23-22(27)15-7-8-19-21(24(15)32-23)16(11-20(26)31-19)18-10-9-17(30-18)13-3-5-14(6-4-13)25(28)29/h3-10,16H,11H2,1-2H3,(H,28,29)/t16-/m1/s1. The van der Waals surface area contributed by atoms with Crippen LogP contribution in [0, 0.1) is 0 Å². The Kier molecular flexibility index (Phi) is 4.48. The lowest BCUT2D eigenvalue weighted by Crippen LogP contribution is -2.21. The number of carbonyl (C=O) groups is 3. The average Bonchev–Trinajstić information content (AvgIpc) is 3.38. The van der Waals surface area contributed by atoms with Crippen LogP contribution < -0.4 is 9.47 Å². The van der Waals surface area contributed by atoms with E-state index in [4.69, 9.17) is 19.0 Å². The molecule has 0 saturated heterocycles. The van der Waals surface area contributed by atoms with Crippen molar-refractivity contribution < 1.29 is 33.4 Å². The predicted molar refractivity (Wildman–Crippen MR) is 113 cm³/mol. The van der Waals surface area contributed by atoms with Crippen LogP contribution in [0.3, 0.4) is 0 Å². The second-order valence-corrected chi connectivity index (χ2v) is 7.93. The highest BCUT2D eigenvalue weighted by Crippen LogP contribution is 2.49. The van der Waals surface area contributed by atoms with Gasteiger partial charge in [0, 0.05) is 11.1 Å². The highest BCUT2D eigenvalue weighted by molar-refractivity contribution is 6.13. The van der Waals surface area contributed by atoms with Crippen molar-refractivity contribution in [3.05, 3.63) is 82.3 Å². The Bertz CT molecular complexity index is 1320. The van der Waals surface area contributed by atoms with Gasteiger partial charge in [0.25, 0.3) is 0 Å². The van der Waals surface area contributed by atoms with Crippen molar-refractivity contribution in [2.45, 2.75) is 26.2 Å². The molecule has 0 unspecified atom stereocenters. The smallest absolute Gasteiger partial charge is 0.335 e. The molecule has 3 heterocycles. The van der Waals surface area contributed by atoms with E-state index in [1.54, 1.807) is 50.2 Å². The van der Waals surface area contributed by atoms with Crippen molar-refractivity contribution in [1.82, 2.24) is 0 Å². The first-order valence-corrected chi connectivity index (χ1v) is 10.0. The SMILES string of the molecule is CC(C)=C1Oc2c(ccc3c2[C@@H](c2ccc(-c4ccc(C(=O)O)cc4)o2)CC(=O)O3)C1=O. The number of benzene rings is 2. The lowest BCUT2D eigenvalue weighted by Gasteiger charge is -2.24. The van der Waals surface area contributed by atoms with Gasteiger partial charge in [-0.05, 0) is 55.8 Å². The molecule has 2 aromatic carbocycles. The number of hydrogen-bond donors (Lipinski definition) is 1. The molecular formula is C25H18O7. The van der Waals surface area contributed by atoms with Crippen molar-refractivity contribution in [3.63, 3.8) is 0 Å². The maximum atomic E-state index is 12.7. The Balaban J connectivity index is 1.57. The Morgan fingerprint density at radius 1 is 0.969 bits per heavy atom. The lowest BCUT2D eigenvalue weighted by atomic mass is 9.88. The summed E-state index contributed by atoms with van der Waals surface area (Å²) in [5.41, 5.74) is 2.68. The van der Waals surface area contributed by atoms with Crippen molar-refractivity contribution in [2.75, 3.05) is 0 Å². The molecule has 1 N–H and O–H groups in total. The van der Waals surface area contributed by atoms with Crippen molar-refractivity contribution in [2.24, 2.45) is 0 Å². The summed E-state index contributed by atoms with van der Waals surface area (Å²) in [6.07, 6.45) is 0.0378. The molecule has 5 rings (SSSR count). The maximum Gasteiger partial charge on any atom is 0.335 e. The molecule has 0 fully saturated rings. The van der Waals surface area contributed by atoms with Crippen LogP contribution in [0.15, 0.2) is 64.3 Å². The van der Waals surface area contributed by atoms with Crippen LogP contribution in [0.5, 0.6) is 11.5 Å². The number of carboxylic acid groups (broad SMARTS) is 1. The maximum absolute atomic E-state index is 12.7. The summed E-state index contributed by atoms with van der Waals surface area (Å²) in [4.78, 5) is 36.1. The summed E-state index contributed by atoms with van der Waals surface area (Å²) in [6, 6.07) is 13.1. The molecule has 0 saturated carbocycles. The molecule has 160 valence electrons. The van der Waals surface area contributed by atoms with Crippen LogP contribution in [0.4, 0.5) is 0 Å². The number of carboxylic acids is 1. The summed E-state index contributed by atoms with van der Waals surface area (Å²) in [6.45, 7) is 3.61. The van der Waals surface area contributed by atoms with Gasteiger partial charge in [-0.3, -0.25) is 9.59 Å². The molecule has 0 spiro atoms. The van der Waals surface area contributed by atoms with E-state index < -0.39 is 17.9 Å². The van der Waals surface area contributed by atoms with E-state index in [1.807, 2.05) is 0 Å². The van der Waals surface area contributed by atoms with Gasteiger partial charge in [-0.1, -0.05) is 12.1 Å². The number of carbonyl (C=O) groups excluding carboxylic acids is 2. The summed E-state index contributed by atoms with van der Waals surface area (Å²) >= 11 is 0. The van der Waals surface area contributed by atoms with Gasteiger partial charge >= 0.3 is 11.9 Å². The van der Waals surface area contributed by atoms with E-state index in [-0.39, 0.29) is 23.5 Å². The highest BCUT2D eigenvalue weighted by atomic mass is 16.5. The number of aromatic carboxylic acids is 1. The molecular weight excluding hydrogens is 412 g/mol. The number of hydrogen-bond acceptors (Lipinski definition) is 6. The van der Waals surface area contributed by atoms with Crippen LogP contribution in [-0.4, -0.2) is 22.8 Å². The lowest BCUT2D eigenvalue weighted by molar-refractivity contribution is -0.135. The molecule has 2 aliphatic rings. The van der Waals surface area contributed by atoms with Gasteiger partial charge in [0.2, 0.25) is 5.78 Å². The molecule has 0 aliphatic carbocycles. The third kappa shape index (κ3) is 3.10. The Morgan fingerprint density at radius 3 is 2.41 bits per heavy atom. The first-order valence-electron chi connectivity index (χ1n) is 10.0. The zero-order valence-electron chi connectivity index (χ0n) is 17.3. The number of ether oxygens (including phenoxy) is 2. The summed E-state index contributed by atoms with van der Waals surface area (Å²) in [5, 5.41) is 9.08. The van der Waals surface area contributed by atoms with Crippen LogP contribution in [-0.2, 0) is 4.79 Å². The number of esters is 1. The number of fused-ring (bicyclic) bond motifs is 3. The molecule has 0 amide bonds. The minimum atomic E-state index is -1.01. The van der Waals surface area contributed by atoms with Crippen LogP contribution in [0.1, 0.15) is 58.2 Å². The van der Waals surface area contributed by atoms with Gasteiger partial charge in [0.1, 0.15) is 23.0 Å². The highest BCUT2D eigenvalue weighted by Gasteiger charge is 2.39. The normalized spacial score (nSPS) is 16.8. The van der Waals surface area contributed by atoms with Crippen LogP contribution in [0.2, 0.25) is 0 Å². The zero-order chi connectivity index (χ0) is 22.6. The minimum absolute atomic E-state index is 0.0378. The van der Waals surface area contributed by atoms with Gasteiger partial charge in [-0.2, -0.15) is 0 Å². The molecule has 32 heavy (non-hydrogen) atoms. The topological polar surface area (TPSA) is 103 Å². The van der Waals surface area contributed by atoms with Gasteiger partial charge < -0.3 is 19.0 Å². The van der Waals surface area contributed by atoms with Gasteiger partial charge in [0.05, 0.1) is 23.5 Å². The van der Waals surface area contributed by atoms with E-state index in [2.05, 4.69) is 0 Å². The largest absolute Gasteiger partial charge is 0.478 e. The van der Waals surface area contributed by atoms with Crippen LogP contribution >= 0.6 is 0 Å². The van der Waals surface area contributed by atoms with Gasteiger partial charge in [0.15, 0.2) is 5.76 Å². The second-order valence-electron chi connectivity index (χ2n) is 7.93. The first kappa shape index (κ1) is 19.8. The number of rotatable bonds is 3. The summed E-state index contributed by atoms with van der Waals surface area (Å²) in [7, 11) is 0. The number of ketones is 1. The zero-order valence-corrected chi connectivity index (χ0v) is 17.3. The third-order valence-electron chi connectivity index (χ3n) is 5.59. The molecule has 2 aliphatic heterocycles. The second kappa shape index (κ2) is 7.23. The average molecular weight is 430 g/mol. The molecule has 7 heteroatoms. The van der Waals surface area contributed by atoms with Crippen molar-refractivity contribution in [3.8, 4) is 22.8 Å². The predicted octanol–water partition coefficient (Wildman–Crippen LogP) is 4.95. The van der Waals surface area contributed by atoms with Crippen molar-refractivity contribution >= 4 is 17.7 Å². The Hall–Kier alpha value is -4.13. The Morgan fingerprint density at radius 2 is 1.72 bits per heavy atom. The molecule has 0 bridgehead atoms. The first-order chi connectivity index (χ1) is 15.3. The molecule has 1 aromatic heterocycles. The summed E-state index contributed by atoms with van der Waals surface area (Å²) in [5.74, 6) is -0.0210. The monoisotopic (exact) mass is 430 g/mol.